The fraction of sp³-hybridized carbons (Fsp3) is 0.0769. The average Bonchev–Trinajstić information content (AvgIpc) is 2.37. The number of carbonyl (C=O) groups excluding carboxylic acids is 1. The molecule has 0 atom stereocenters. The fourth-order valence-corrected chi connectivity index (χ4v) is 2.10. The minimum Gasteiger partial charge on any atom is -0.390 e. The Balaban J connectivity index is 2.32. The van der Waals surface area contributed by atoms with Crippen molar-refractivity contribution in [2.24, 2.45) is 10.9 Å². The largest absolute Gasteiger partial charge is 0.390 e. The molecule has 4 heteroatoms. The van der Waals surface area contributed by atoms with Gasteiger partial charge in [-0.2, -0.15) is 0 Å². The SMILES string of the molecule is NC(=O)C1=NOCc2c1ccc1ccccc21. The summed E-state index contributed by atoms with van der Waals surface area (Å²) in [6, 6.07) is 11.8. The normalized spacial score (nSPS) is 13.8. The Bertz CT molecular complexity index is 647. The minimum absolute atomic E-state index is 0.192. The van der Waals surface area contributed by atoms with Gasteiger partial charge in [0.25, 0.3) is 5.91 Å². The van der Waals surface area contributed by atoms with Crippen LogP contribution in [0.3, 0.4) is 0 Å². The summed E-state index contributed by atoms with van der Waals surface area (Å²) in [5.41, 5.74) is 7.20. The lowest BCUT2D eigenvalue weighted by atomic mass is 9.96. The summed E-state index contributed by atoms with van der Waals surface area (Å²) >= 11 is 0. The molecule has 2 aromatic rings. The molecular weight excluding hydrogens is 216 g/mol. The van der Waals surface area contributed by atoms with Crippen LogP contribution < -0.4 is 5.73 Å². The maximum atomic E-state index is 11.3. The molecule has 1 aliphatic rings. The maximum absolute atomic E-state index is 11.3. The molecule has 0 fully saturated rings. The van der Waals surface area contributed by atoms with Crippen LogP contribution >= 0.6 is 0 Å². The second-order valence-electron chi connectivity index (χ2n) is 3.89. The number of hydrogen-bond acceptors (Lipinski definition) is 3. The fourth-order valence-electron chi connectivity index (χ4n) is 2.10. The van der Waals surface area contributed by atoms with Crippen LogP contribution in [0.4, 0.5) is 0 Å². The summed E-state index contributed by atoms with van der Waals surface area (Å²) in [5, 5.41) is 5.90. The summed E-state index contributed by atoms with van der Waals surface area (Å²) in [4.78, 5) is 16.3. The molecule has 1 heterocycles. The lowest BCUT2D eigenvalue weighted by Gasteiger charge is -2.16. The Labute approximate surface area is 97.7 Å². The topological polar surface area (TPSA) is 64.7 Å². The predicted molar refractivity (Wildman–Crippen MR) is 64.5 cm³/mol. The molecule has 0 unspecified atom stereocenters. The first kappa shape index (κ1) is 9.84. The zero-order valence-corrected chi connectivity index (χ0v) is 9.01. The number of hydrogen-bond donors (Lipinski definition) is 1. The summed E-state index contributed by atoms with van der Waals surface area (Å²) in [6.45, 7) is 0.369. The van der Waals surface area contributed by atoms with E-state index in [4.69, 9.17) is 10.6 Å². The monoisotopic (exact) mass is 226 g/mol. The summed E-state index contributed by atoms with van der Waals surface area (Å²) in [6.07, 6.45) is 0. The Kier molecular flexibility index (Phi) is 2.08. The van der Waals surface area contributed by atoms with Crippen LogP contribution in [0, 0.1) is 0 Å². The number of primary amides is 1. The number of carbonyl (C=O) groups is 1. The Morgan fingerprint density at radius 1 is 1.24 bits per heavy atom. The smallest absolute Gasteiger partial charge is 0.271 e. The van der Waals surface area contributed by atoms with Gasteiger partial charge in [0.05, 0.1) is 0 Å². The van der Waals surface area contributed by atoms with Crippen molar-refractivity contribution in [1.29, 1.82) is 0 Å². The van der Waals surface area contributed by atoms with Crippen molar-refractivity contribution < 1.29 is 9.63 Å². The Hall–Kier alpha value is -2.36. The number of amides is 1. The van der Waals surface area contributed by atoms with E-state index in [0.717, 1.165) is 21.9 Å². The van der Waals surface area contributed by atoms with E-state index >= 15 is 0 Å². The summed E-state index contributed by atoms with van der Waals surface area (Å²) in [7, 11) is 0. The van der Waals surface area contributed by atoms with Gasteiger partial charge in [-0.05, 0) is 10.8 Å². The van der Waals surface area contributed by atoms with E-state index in [2.05, 4.69) is 5.16 Å². The van der Waals surface area contributed by atoms with Crippen molar-refractivity contribution in [3.63, 3.8) is 0 Å². The molecule has 0 saturated carbocycles. The standard InChI is InChI=1S/C13H10N2O2/c14-13(16)12-10-6-5-8-3-1-2-4-9(8)11(10)7-17-15-12/h1-6H,7H2,(H2,14,16). The van der Waals surface area contributed by atoms with Gasteiger partial charge < -0.3 is 10.6 Å². The number of rotatable bonds is 1. The van der Waals surface area contributed by atoms with Gasteiger partial charge in [-0.25, -0.2) is 0 Å². The van der Waals surface area contributed by atoms with E-state index in [1.54, 1.807) is 0 Å². The molecule has 17 heavy (non-hydrogen) atoms. The second-order valence-corrected chi connectivity index (χ2v) is 3.89. The van der Waals surface area contributed by atoms with Crippen LogP contribution in [-0.2, 0) is 16.2 Å². The molecule has 84 valence electrons. The highest BCUT2D eigenvalue weighted by molar-refractivity contribution is 6.45. The van der Waals surface area contributed by atoms with Gasteiger partial charge in [-0.1, -0.05) is 41.6 Å². The van der Waals surface area contributed by atoms with E-state index in [-0.39, 0.29) is 5.71 Å². The second kappa shape index (κ2) is 3.59. The third-order valence-corrected chi connectivity index (χ3v) is 2.89. The quantitative estimate of drug-likeness (QED) is 0.801. The lowest BCUT2D eigenvalue weighted by Crippen LogP contribution is -2.27. The van der Waals surface area contributed by atoms with Crippen LogP contribution in [0.25, 0.3) is 10.8 Å². The van der Waals surface area contributed by atoms with Crippen LogP contribution in [0.15, 0.2) is 41.6 Å². The van der Waals surface area contributed by atoms with Crippen LogP contribution in [0.1, 0.15) is 11.1 Å². The Morgan fingerprint density at radius 3 is 2.88 bits per heavy atom. The van der Waals surface area contributed by atoms with Crippen LogP contribution in [-0.4, -0.2) is 11.6 Å². The lowest BCUT2D eigenvalue weighted by molar-refractivity contribution is -0.112. The molecule has 0 saturated heterocycles. The maximum Gasteiger partial charge on any atom is 0.271 e. The third-order valence-electron chi connectivity index (χ3n) is 2.89. The number of oxime groups is 1. The molecule has 2 N–H and O–H groups in total. The number of benzene rings is 2. The molecule has 4 nitrogen and oxygen atoms in total. The van der Waals surface area contributed by atoms with Gasteiger partial charge in [0.2, 0.25) is 0 Å². The molecule has 0 bridgehead atoms. The summed E-state index contributed by atoms with van der Waals surface area (Å²) in [5.74, 6) is -0.568. The Morgan fingerprint density at radius 2 is 2.06 bits per heavy atom. The van der Waals surface area contributed by atoms with Gasteiger partial charge in [-0.15, -0.1) is 0 Å². The van der Waals surface area contributed by atoms with Gasteiger partial charge in [0.1, 0.15) is 6.61 Å². The highest BCUT2D eigenvalue weighted by atomic mass is 16.6. The van der Waals surface area contributed by atoms with Crippen molar-refractivity contribution in [2.75, 3.05) is 0 Å². The van der Waals surface area contributed by atoms with Crippen molar-refractivity contribution in [3.8, 4) is 0 Å². The molecule has 3 rings (SSSR count). The molecule has 2 aromatic carbocycles. The first-order valence-corrected chi connectivity index (χ1v) is 5.28. The van der Waals surface area contributed by atoms with Crippen molar-refractivity contribution in [1.82, 2.24) is 0 Å². The van der Waals surface area contributed by atoms with E-state index in [1.807, 2.05) is 36.4 Å². The predicted octanol–water partition coefficient (Wildman–Crippen LogP) is 1.56. The molecule has 0 aromatic heterocycles. The molecule has 1 amide bonds. The van der Waals surface area contributed by atoms with Gasteiger partial charge in [0.15, 0.2) is 5.71 Å². The van der Waals surface area contributed by atoms with Gasteiger partial charge in [-0.3, -0.25) is 4.79 Å². The number of fused-ring (bicyclic) bond motifs is 3. The number of nitrogens with two attached hydrogens (primary N) is 1. The van der Waals surface area contributed by atoms with Gasteiger partial charge in [0, 0.05) is 11.1 Å². The highest BCUT2D eigenvalue weighted by Gasteiger charge is 2.21. The van der Waals surface area contributed by atoms with E-state index in [1.165, 1.54) is 0 Å². The molecule has 0 spiro atoms. The van der Waals surface area contributed by atoms with E-state index in [0.29, 0.717) is 6.61 Å². The van der Waals surface area contributed by atoms with Crippen molar-refractivity contribution >= 4 is 22.4 Å². The molecule has 1 aliphatic heterocycles. The van der Waals surface area contributed by atoms with Crippen molar-refractivity contribution in [2.45, 2.75) is 6.61 Å². The van der Waals surface area contributed by atoms with Crippen LogP contribution in [0.2, 0.25) is 0 Å². The molecule has 0 aliphatic carbocycles. The van der Waals surface area contributed by atoms with Gasteiger partial charge >= 0.3 is 0 Å². The minimum atomic E-state index is -0.568. The molecular formula is C13H10N2O2. The van der Waals surface area contributed by atoms with E-state index < -0.39 is 5.91 Å². The van der Waals surface area contributed by atoms with Crippen LogP contribution in [0.5, 0.6) is 0 Å². The van der Waals surface area contributed by atoms with Crippen molar-refractivity contribution in [3.05, 3.63) is 47.5 Å². The highest BCUT2D eigenvalue weighted by Crippen LogP contribution is 2.26. The first-order chi connectivity index (χ1) is 8.27. The zero-order valence-electron chi connectivity index (χ0n) is 9.01. The summed E-state index contributed by atoms with van der Waals surface area (Å²) < 4.78 is 0. The molecule has 0 radical (unpaired) electrons. The first-order valence-electron chi connectivity index (χ1n) is 5.28. The average molecular weight is 226 g/mol. The number of nitrogens with zero attached hydrogens (tertiary/aromatic N) is 1. The van der Waals surface area contributed by atoms with E-state index in [9.17, 15) is 4.79 Å². The third kappa shape index (κ3) is 1.45. The zero-order chi connectivity index (χ0) is 11.8.